The van der Waals surface area contributed by atoms with Crippen molar-refractivity contribution in [3.8, 4) is 6.07 Å². The molecule has 1 aliphatic heterocycles. The third kappa shape index (κ3) is 9.11. The number of rotatable bonds is 7. The summed E-state index contributed by atoms with van der Waals surface area (Å²) in [5, 5.41) is 18.3. The Balaban J connectivity index is 0.00000271. The van der Waals surface area contributed by atoms with E-state index in [1.54, 1.807) is 18.7 Å². The third-order valence-corrected chi connectivity index (χ3v) is 6.58. The molecule has 0 saturated carbocycles. The first-order valence-corrected chi connectivity index (χ1v) is 15.0. The number of nitrogens with one attached hydrogen (secondary N) is 3. The van der Waals surface area contributed by atoms with Crippen molar-refractivity contribution in [2.75, 3.05) is 17.2 Å². The fraction of sp³-hybridized carbons (Fsp3) is 0.455. The molecule has 4 rings (SSSR count). The fourth-order valence-electron chi connectivity index (χ4n) is 4.34. The van der Waals surface area contributed by atoms with Gasteiger partial charge < -0.3 is 25.6 Å². The molecule has 0 aliphatic carbocycles. The second kappa shape index (κ2) is 14.3. The van der Waals surface area contributed by atoms with E-state index in [2.05, 4.69) is 37.0 Å². The van der Waals surface area contributed by atoms with Crippen molar-refractivity contribution < 1.29 is 18.7 Å². The molecule has 3 N–H and O–H groups in total. The summed E-state index contributed by atoms with van der Waals surface area (Å²) in [6.45, 7) is 17.4. The van der Waals surface area contributed by atoms with Crippen molar-refractivity contribution in [3.63, 3.8) is 0 Å². The molecule has 0 spiro atoms. The number of aromatic nitrogens is 3. The summed E-state index contributed by atoms with van der Waals surface area (Å²) in [4.78, 5) is 40.4. The van der Waals surface area contributed by atoms with E-state index < -0.39 is 22.7 Å². The summed E-state index contributed by atoms with van der Waals surface area (Å²) in [5.74, 6) is -1.13. The number of ether oxygens (including phenoxy) is 1. The Morgan fingerprint density at radius 2 is 1.73 bits per heavy atom. The lowest BCUT2D eigenvalue weighted by Gasteiger charge is -2.31. The second-order valence-electron chi connectivity index (χ2n) is 12.2. The minimum atomic E-state index is -0.966. The van der Waals surface area contributed by atoms with E-state index >= 15 is 0 Å². The van der Waals surface area contributed by atoms with Crippen molar-refractivity contribution >= 4 is 35.3 Å². The summed E-state index contributed by atoms with van der Waals surface area (Å²) in [7, 11) is 0. The summed E-state index contributed by atoms with van der Waals surface area (Å²) in [6.07, 6.45) is 1.67. The van der Waals surface area contributed by atoms with Crippen molar-refractivity contribution in [3.05, 3.63) is 64.7 Å². The highest BCUT2D eigenvalue weighted by atomic mass is 19.1. The molecular weight excluding hydrogens is 575 g/mol. The number of carbonyl (C=O) groups is 2. The molecule has 3 heterocycles. The quantitative estimate of drug-likeness (QED) is 0.262. The van der Waals surface area contributed by atoms with E-state index in [0.29, 0.717) is 30.9 Å². The average Bonchev–Trinajstić information content (AvgIpc) is 2.97. The predicted octanol–water partition coefficient (Wildman–Crippen LogP) is 6.76. The van der Waals surface area contributed by atoms with Gasteiger partial charge in [0.25, 0.3) is 5.91 Å². The van der Waals surface area contributed by atoms with E-state index in [1.807, 2.05) is 66.7 Å². The molecule has 0 atom stereocenters. The van der Waals surface area contributed by atoms with Crippen molar-refractivity contribution in [1.29, 1.82) is 5.26 Å². The predicted molar refractivity (Wildman–Crippen MR) is 172 cm³/mol. The molecule has 3 aromatic rings. The van der Waals surface area contributed by atoms with Crippen molar-refractivity contribution in [2.45, 2.75) is 92.3 Å². The maximum atomic E-state index is 14.9. The molecule has 0 saturated heterocycles. The molecule has 0 radical (unpaired) electrons. The van der Waals surface area contributed by atoms with Gasteiger partial charge in [0.15, 0.2) is 11.6 Å². The van der Waals surface area contributed by atoms with Crippen LogP contribution < -0.4 is 16.0 Å². The highest BCUT2D eigenvalue weighted by Gasteiger charge is 2.27. The van der Waals surface area contributed by atoms with Crippen LogP contribution in [0, 0.1) is 17.1 Å². The lowest BCUT2D eigenvalue weighted by molar-refractivity contribution is 0.0224. The summed E-state index contributed by atoms with van der Waals surface area (Å²) in [6, 6.07) is 10.4. The zero-order valence-electron chi connectivity index (χ0n) is 27.5. The molecule has 11 nitrogen and oxygen atoms in total. The molecular formula is C33H43FN8O3. The Kier molecular flexibility index (Phi) is 11.0. The van der Waals surface area contributed by atoms with Gasteiger partial charge in [0.2, 0.25) is 5.95 Å². The standard InChI is InChI=1S/C31H37FN8O3.C2H6/c1-18(2)35-27(41)22-15-34-28(39-25(22)38-26-23(32)10-11-24(37-26)31(6,7)17-33)36-21-9-8-19-12-13-40(16-20(19)14-21)29(42)43-30(3,4)5;1-2/h8-11,14-15,18H,12-13,16H2,1-7H3,(H,35,41)(H2,34,36,37,38,39);1-2H3. The average molecular weight is 619 g/mol. The number of nitriles is 1. The van der Waals surface area contributed by atoms with Gasteiger partial charge in [-0.25, -0.2) is 19.2 Å². The zero-order chi connectivity index (χ0) is 33.5. The number of amides is 2. The third-order valence-electron chi connectivity index (χ3n) is 6.58. The first-order chi connectivity index (χ1) is 21.1. The second-order valence-corrected chi connectivity index (χ2v) is 12.2. The molecule has 45 heavy (non-hydrogen) atoms. The summed E-state index contributed by atoms with van der Waals surface area (Å²) >= 11 is 0. The van der Waals surface area contributed by atoms with Crippen LogP contribution in [0.2, 0.25) is 0 Å². The molecule has 2 amide bonds. The van der Waals surface area contributed by atoms with Gasteiger partial charge in [-0.15, -0.1) is 0 Å². The van der Waals surface area contributed by atoms with Crippen LogP contribution in [0.25, 0.3) is 0 Å². The number of halogens is 1. The Hall–Kier alpha value is -4.79. The van der Waals surface area contributed by atoms with Crippen molar-refractivity contribution in [2.24, 2.45) is 0 Å². The lowest BCUT2D eigenvalue weighted by Crippen LogP contribution is -2.39. The normalized spacial score (nSPS) is 12.7. The molecule has 240 valence electrons. The number of hydrogen-bond donors (Lipinski definition) is 3. The number of carbonyl (C=O) groups excluding carboxylic acids is 2. The first kappa shape index (κ1) is 34.7. The molecule has 0 unspecified atom stereocenters. The van der Waals surface area contributed by atoms with Crippen LogP contribution >= 0.6 is 0 Å². The molecule has 0 fully saturated rings. The molecule has 2 aromatic heterocycles. The van der Waals surface area contributed by atoms with E-state index in [-0.39, 0.29) is 35.3 Å². The molecule has 12 heteroatoms. The maximum absolute atomic E-state index is 14.9. The number of benzene rings is 1. The van der Waals surface area contributed by atoms with Crippen molar-refractivity contribution in [1.82, 2.24) is 25.2 Å². The lowest BCUT2D eigenvalue weighted by atomic mass is 9.91. The number of fused-ring (bicyclic) bond motifs is 1. The number of pyridine rings is 1. The summed E-state index contributed by atoms with van der Waals surface area (Å²) in [5.41, 5.74) is 1.63. The number of anilines is 4. The molecule has 1 aromatic carbocycles. The Morgan fingerprint density at radius 3 is 2.38 bits per heavy atom. The number of hydrogen-bond acceptors (Lipinski definition) is 9. The smallest absolute Gasteiger partial charge is 0.410 e. The van der Waals surface area contributed by atoms with Gasteiger partial charge in [0.1, 0.15) is 17.0 Å². The Bertz CT molecular complexity index is 1580. The minimum absolute atomic E-state index is 0.0306. The van der Waals surface area contributed by atoms with Crippen LogP contribution in [0.4, 0.5) is 32.5 Å². The van der Waals surface area contributed by atoms with Crippen LogP contribution in [0.5, 0.6) is 0 Å². The van der Waals surface area contributed by atoms with Gasteiger partial charge in [-0.05, 0) is 90.3 Å². The summed E-state index contributed by atoms with van der Waals surface area (Å²) < 4.78 is 20.4. The molecule has 1 aliphatic rings. The Morgan fingerprint density at radius 1 is 1.02 bits per heavy atom. The van der Waals surface area contributed by atoms with Crippen LogP contribution in [0.3, 0.4) is 0 Å². The number of nitrogens with zero attached hydrogens (tertiary/aromatic N) is 5. The SMILES string of the molecule is CC.CC(C)NC(=O)c1cnc(Nc2ccc3c(c2)CN(C(=O)OC(C)(C)C)CC3)nc1Nc1nc(C(C)(C)C#N)ccc1F. The van der Waals surface area contributed by atoms with Gasteiger partial charge in [0, 0.05) is 31.0 Å². The van der Waals surface area contributed by atoms with Crippen LogP contribution in [0.1, 0.15) is 89.5 Å². The Labute approximate surface area is 264 Å². The minimum Gasteiger partial charge on any atom is -0.444 e. The van der Waals surface area contributed by atoms with Gasteiger partial charge in [-0.3, -0.25) is 4.79 Å². The van der Waals surface area contributed by atoms with E-state index in [0.717, 1.165) is 11.1 Å². The maximum Gasteiger partial charge on any atom is 0.410 e. The van der Waals surface area contributed by atoms with Gasteiger partial charge >= 0.3 is 6.09 Å². The highest BCUT2D eigenvalue weighted by Crippen LogP contribution is 2.28. The fourth-order valence-corrected chi connectivity index (χ4v) is 4.34. The first-order valence-electron chi connectivity index (χ1n) is 15.0. The van der Waals surface area contributed by atoms with Crippen LogP contribution in [-0.4, -0.2) is 50.0 Å². The van der Waals surface area contributed by atoms with E-state index in [1.165, 1.54) is 18.3 Å². The van der Waals surface area contributed by atoms with Crippen LogP contribution in [-0.2, 0) is 23.1 Å². The van der Waals surface area contributed by atoms with Crippen LogP contribution in [0.15, 0.2) is 36.5 Å². The monoisotopic (exact) mass is 618 g/mol. The highest BCUT2D eigenvalue weighted by molar-refractivity contribution is 5.99. The van der Waals surface area contributed by atoms with Gasteiger partial charge in [-0.2, -0.15) is 10.2 Å². The van der Waals surface area contributed by atoms with Gasteiger partial charge in [0.05, 0.1) is 17.2 Å². The zero-order valence-corrected chi connectivity index (χ0v) is 27.5. The van der Waals surface area contributed by atoms with E-state index in [9.17, 15) is 19.2 Å². The topological polar surface area (TPSA) is 145 Å². The van der Waals surface area contributed by atoms with Gasteiger partial charge in [-0.1, -0.05) is 19.9 Å². The largest absolute Gasteiger partial charge is 0.444 e. The van der Waals surface area contributed by atoms with E-state index in [4.69, 9.17) is 4.74 Å². The molecule has 0 bridgehead atoms.